The topological polar surface area (TPSA) is 79.6 Å². The molecule has 1 aromatic heterocycles. The van der Waals surface area contributed by atoms with Crippen LogP contribution in [-0.2, 0) is 4.79 Å². The fraction of sp³-hybridized carbons (Fsp3) is 0.364. The lowest BCUT2D eigenvalue weighted by atomic mass is 10.1. The third-order valence-electron chi connectivity index (χ3n) is 2.70. The van der Waals surface area contributed by atoms with E-state index in [1.54, 1.807) is 12.3 Å². The summed E-state index contributed by atoms with van der Waals surface area (Å²) in [5.74, 6) is -1.55. The minimum absolute atomic E-state index is 0.210. The van der Waals surface area contributed by atoms with Crippen molar-refractivity contribution in [1.82, 2.24) is 9.47 Å². The van der Waals surface area contributed by atoms with Gasteiger partial charge in [-0.2, -0.15) is 0 Å². The number of hydrogen-bond donors (Lipinski definition) is 1. The molecule has 2 heterocycles. The van der Waals surface area contributed by atoms with E-state index in [4.69, 9.17) is 5.11 Å². The van der Waals surface area contributed by atoms with Crippen LogP contribution in [0.3, 0.4) is 0 Å². The van der Waals surface area contributed by atoms with Crippen molar-refractivity contribution in [3.8, 4) is 0 Å². The first-order valence-corrected chi connectivity index (χ1v) is 5.22. The molecule has 0 unspecified atom stereocenters. The summed E-state index contributed by atoms with van der Waals surface area (Å²) < 4.78 is 1.21. The molecule has 90 valence electrons. The van der Waals surface area contributed by atoms with Gasteiger partial charge in [0, 0.05) is 6.20 Å². The van der Waals surface area contributed by atoms with Crippen LogP contribution < -0.4 is 0 Å². The van der Waals surface area contributed by atoms with Crippen molar-refractivity contribution in [2.75, 3.05) is 6.54 Å². The van der Waals surface area contributed by atoms with Gasteiger partial charge in [0.25, 0.3) is 5.91 Å². The molecule has 1 aliphatic rings. The largest absolute Gasteiger partial charge is 0.480 e. The maximum Gasteiger partial charge on any atom is 0.336 e. The van der Waals surface area contributed by atoms with Crippen molar-refractivity contribution >= 4 is 17.9 Å². The Morgan fingerprint density at radius 3 is 2.53 bits per heavy atom. The molecule has 1 N–H and O–H groups in total. The standard InChI is InChI=1S/C11H12N2O4/c1-6(2)7-3-8-10(16)13(5-9(14)15)11(17)12(8)4-7/h3-4,6H,5H2,1-2H3,(H,14,15). The zero-order valence-corrected chi connectivity index (χ0v) is 9.51. The Morgan fingerprint density at radius 2 is 2.06 bits per heavy atom. The van der Waals surface area contributed by atoms with Gasteiger partial charge in [-0.1, -0.05) is 13.8 Å². The summed E-state index contributed by atoms with van der Waals surface area (Å²) in [5, 5.41) is 8.61. The molecule has 1 aliphatic heterocycles. The number of carboxylic acid groups (broad SMARTS) is 1. The fourth-order valence-corrected chi connectivity index (χ4v) is 1.75. The second-order valence-electron chi connectivity index (χ2n) is 4.25. The summed E-state index contributed by atoms with van der Waals surface area (Å²) >= 11 is 0. The quantitative estimate of drug-likeness (QED) is 0.852. The average molecular weight is 236 g/mol. The number of nitrogens with zero attached hydrogens (tertiary/aromatic N) is 2. The van der Waals surface area contributed by atoms with Gasteiger partial charge < -0.3 is 5.11 Å². The molecular formula is C11H12N2O4. The van der Waals surface area contributed by atoms with Gasteiger partial charge in [-0.25, -0.2) is 9.69 Å². The van der Waals surface area contributed by atoms with Crippen LogP contribution in [0.5, 0.6) is 0 Å². The molecule has 0 fully saturated rings. The average Bonchev–Trinajstić information content (AvgIpc) is 2.75. The SMILES string of the molecule is CC(C)c1cc2n(c1)C(=O)N(CC(=O)O)C2=O. The van der Waals surface area contributed by atoms with Crippen LogP contribution in [0.4, 0.5) is 4.79 Å². The molecule has 1 aromatic rings. The van der Waals surface area contributed by atoms with Gasteiger partial charge in [0.05, 0.1) is 0 Å². The van der Waals surface area contributed by atoms with Crippen LogP contribution in [0, 0.1) is 0 Å². The molecule has 0 spiro atoms. The molecular weight excluding hydrogens is 224 g/mol. The van der Waals surface area contributed by atoms with Crippen molar-refractivity contribution < 1.29 is 19.5 Å². The normalized spacial score (nSPS) is 14.6. The first-order valence-electron chi connectivity index (χ1n) is 5.22. The molecule has 6 nitrogen and oxygen atoms in total. The predicted octanol–water partition coefficient (Wildman–Crippen LogP) is 1.12. The highest BCUT2D eigenvalue weighted by atomic mass is 16.4. The molecule has 17 heavy (non-hydrogen) atoms. The number of hydrogen-bond acceptors (Lipinski definition) is 3. The molecule has 0 aliphatic carbocycles. The van der Waals surface area contributed by atoms with E-state index in [1.165, 1.54) is 4.57 Å². The highest BCUT2D eigenvalue weighted by Gasteiger charge is 2.37. The van der Waals surface area contributed by atoms with Crippen LogP contribution in [0.15, 0.2) is 12.3 Å². The van der Waals surface area contributed by atoms with E-state index >= 15 is 0 Å². The van der Waals surface area contributed by atoms with Crippen molar-refractivity contribution in [1.29, 1.82) is 0 Å². The summed E-state index contributed by atoms with van der Waals surface area (Å²) in [5.41, 5.74) is 1.12. The Balaban J connectivity index is 2.36. The number of rotatable bonds is 3. The van der Waals surface area contributed by atoms with Gasteiger partial charge >= 0.3 is 12.0 Å². The van der Waals surface area contributed by atoms with Crippen molar-refractivity contribution in [2.24, 2.45) is 0 Å². The number of carbonyl (C=O) groups is 3. The maximum atomic E-state index is 11.8. The Hall–Kier alpha value is -2.11. The zero-order valence-electron chi connectivity index (χ0n) is 9.51. The van der Waals surface area contributed by atoms with E-state index in [0.29, 0.717) is 0 Å². The Kier molecular flexibility index (Phi) is 2.49. The van der Waals surface area contributed by atoms with E-state index in [2.05, 4.69) is 0 Å². The maximum absolute atomic E-state index is 11.8. The number of fused-ring (bicyclic) bond motifs is 1. The van der Waals surface area contributed by atoms with Gasteiger partial charge in [-0.15, -0.1) is 0 Å². The second-order valence-corrected chi connectivity index (χ2v) is 4.25. The first-order chi connectivity index (χ1) is 7.91. The zero-order chi connectivity index (χ0) is 12.7. The lowest BCUT2D eigenvalue weighted by Gasteiger charge is -2.10. The van der Waals surface area contributed by atoms with Gasteiger partial charge in [0.1, 0.15) is 12.2 Å². The van der Waals surface area contributed by atoms with Crippen LogP contribution in [0.25, 0.3) is 0 Å². The molecule has 0 saturated heterocycles. The van der Waals surface area contributed by atoms with E-state index in [1.807, 2.05) is 13.8 Å². The number of carboxylic acids is 1. The van der Waals surface area contributed by atoms with Crippen molar-refractivity contribution in [3.63, 3.8) is 0 Å². The lowest BCUT2D eigenvalue weighted by Crippen LogP contribution is -2.35. The number of imide groups is 1. The summed E-state index contributed by atoms with van der Waals surface area (Å²) in [4.78, 5) is 34.8. The highest BCUT2D eigenvalue weighted by Crippen LogP contribution is 2.24. The van der Waals surface area contributed by atoms with E-state index in [-0.39, 0.29) is 11.6 Å². The molecule has 0 aromatic carbocycles. The number of carbonyl (C=O) groups excluding carboxylic acids is 2. The van der Waals surface area contributed by atoms with Crippen LogP contribution in [-0.4, -0.2) is 39.0 Å². The van der Waals surface area contributed by atoms with Crippen molar-refractivity contribution in [2.45, 2.75) is 19.8 Å². The van der Waals surface area contributed by atoms with Gasteiger partial charge in [-0.3, -0.25) is 14.2 Å². The van der Waals surface area contributed by atoms with Crippen LogP contribution in [0.1, 0.15) is 35.8 Å². The molecule has 0 radical (unpaired) electrons. The highest BCUT2D eigenvalue weighted by molar-refractivity contribution is 6.12. The van der Waals surface area contributed by atoms with E-state index < -0.39 is 24.5 Å². The molecule has 0 bridgehead atoms. The molecule has 2 rings (SSSR count). The Bertz CT molecular complexity index is 482. The van der Waals surface area contributed by atoms with Crippen molar-refractivity contribution in [3.05, 3.63) is 23.5 Å². The molecule has 6 heteroatoms. The summed E-state index contributed by atoms with van der Waals surface area (Å²) in [6.45, 7) is 3.31. The van der Waals surface area contributed by atoms with E-state index in [0.717, 1.165) is 10.5 Å². The minimum Gasteiger partial charge on any atom is -0.480 e. The van der Waals surface area contributed by atoms with Crippen LogP contribution in [0.2, 0.25) is 0 Å². The molecule has 0 atom stereocenters. The number of aromatic nitrogens is 1. The Morgan fingerprint density at radius 1 is 1.41 bits per heavy atom. The third-order valence-corrected chi connectivity index (χ3v) is 2.70. The van der Waals surface area contributed by atoms with Gasteiger partial charge in [0.2, 0.25) is 0 Å². The minimum atomic E-state index is -1.21. The second kappa shape index (κ2) is 3.73. The van der Waals surface area contributed by atoms with Gasteiger partial charge in [-0.05, 0) is 17.5 Å². The van der Waals surface area contributed by atoms with E-state index in [9.17, 15) is 14.4 Å². The van der Waals surface area contributed by atoms with Gasteiger partial charge in [0.15, 0.2) is 0 Å². The lowest BCUT2D eigenvalue weighted by molar-refractivity contribution is -0.137. The molecule has 2 amide bonds. The summed E-state index contributed by atoms with van der Waals surface area (Å²) in [6.07, 6.45) is 1.59. The number of amides is 2. The third kappa shape index (κ3) is 1.71. The number of aliphatic carboxylic acids is 1. The smallest absolute Gasteiger partial charge is 0.336 e. The first kappa shape index (κ1) is 11.4. The predicted molar refractivity (Wildman–Crippen MR) is 58.0 cm³/mol. The summed E-state index contributed by atoms with van der Waals surface area (Å²) in [7, 11) is 0. The summed E-state index contributed by atoms with van der Waals surface area (Å²) in [6, 6.07) is 1.03. The fourth-order valence-electron chi connectivity index (χ4n) is 1.75. The molecule has 0 saturated carbocycles. The van der Waals surface area contributed by atoms with Crippen LogP contribution >= 0.6 is 0 Å². The Labute approximate surface area is 97.4 Å². The monoisotopic (exact) mass is 236 g/mol.